The van der Waals surface area contributed by atoms with Crippen molar-refractivity contribution in [1.29, 1.82) is 0 Å². The van der Waals surface area contributed by atoms with Gasteiger partial charge in [-0.25, -0.2) is 0 Å². The molecule has 0 aromatic rings. The number of rotatable bonds is 7. The molecule has 0 heterocycles. The molecule has 0 rings (SSSR count). The number of hydrogen-bond acceptors (Lipinski definition) is 1. The summed E-state index contributed by atoms with van der Waals surface area (Å²) in [5.41, 5.74) is 5.58. The zero-order chi connectivity index (χ0) is 11.1. The molecule has 86 valence electrons. The van der Waals surface area contributed by atoms with Crippen molar-refractivity contribution < 1.29 is 0 Å². The average molecular weight is 199 g/mol. The molecule has 0 aliphatic heterocycles. The van der Waals surface area contributed by atoms with Gasteiger partial charge in [-0.2, -0.15) is 0 Å². The molecule has 1 heteroatoms. The predicted octanol–water partition coefficient (Wildman–Crippen LogP) is 3.68. The molecule has 0 aromatic carbocycles. The highest BCUT2D eigenvalue weighted by atomic mass is 14.5. The maximum atomic E-state index is 5.58. The van der Waals surface area contributed by atoms with Crippen molar-refractivity contribution in [2.75, 3.05) is 6.54 Å². The summed E-state index contributed by atoms with van der Waals surface area (Å²) in [6, 6.07) is 0. The topological polar surface area (TPSA) is 26.0 Å². The molecule has 0 bridgehead atoms. The lowest BCUT2D eigenvalue weighted by molar-refractivity contribution is 0.170. The van der Waals surface area contributed by atoms with Crippen molar-refractivity contribution in [3.63, 3.8) is 0 Å². The second-order valence-electron chi connectivity index (χ2n) is 5.16. The zero-order valence-electron chi connectivity index (χ0n) is 10.7. The Morgan fingerprint density at radius 3 is 1.79 bits per heavy atom. The van der Waals surface area contributed by atoms with E-state index in [1.807, 2.05) is 0 Å². The summed E-state index contributed by atoms with van der Waals surface area (Å²) in [7, 11) is 0. The van der Waals surface area contributed by atoms with Gasteiger partial charge in [0.25, 0.3) is 0 Å². The largest absolute Gasteiger partial charge is 0.330 e. The summed E-state index contributed by atoms with van der Waals surface area (Å²) < 4.78 is 0. The van der Waals surface area contributed by atoms with Crippen molar-refractivity contribution in [3.05, 3.63) is 0 Å². The van der Waals surface area contributed by atoms with Crippen LogP contribution in [0.15, 0.2) is 0 Å². The van der Waals surface area contributed by atoms with Gasteiger partial charge < -0.3 is 5.73 Å². The highest BCUT2D eigenvalue weighted by Gasteiger charge is 2.25. The van der Waals surface area contributed by atoms with Gasteiger partial charge in [0.15, 0.2) is 0 Å². The molecule has 0 unspecified atom stereocenters. The van der Waals surface area contributed by atoms with Gasteiger partial charge in [-0.05, 0) is 43.1 Å². The SMILES string of the molecule is CC[C@@H](CCCN)C(C(C)C)C(C)C. The minimum Gasteiger partial charge on any atom is -0.330 e. The Bertz CT molecular complexity index is 121. The van der Waals surface area contributed by atoms with E-state index in [2.05, 4.69) is 34.6 Å². The molecular weight excluding hydrogens is 170 g/mol. The summed E-state index contributed by atoms with van der Waals surface area (Å²) >= 11 is 0. The van der Waals surface area contributed by atoms with Gasteiger partial charge in [-0.15, -0.1) is 0 Å². The van der Waals surface area contributed by atoms with E-state index in [4.69, 9.17) is 5.73 Å². The molecule has 0 fully saturated rings. The number of hydrogen-bond donors (Lipinski definition) is 1. The average Bonchev–Trinajstić information content (AvgIpc) is 2.10. The molecule has 0 aliphatic rings. The molecule has 1 nitrogen and oxygen atoms in total. The fourth-order valence-corrected chi connectivity index (χ4v) is 2.91. The van der Waals surface area contributed by atoms with E-state index in [1.165, 1.54) is 19.3 Å². The Hall–Kier alpha value is -0.0400. The third kappa shape index (κ3) is 4.45. The van der Waals surface area contributed by atoms with Crippen LogP contribution in [0.25, 0.3) is 0 Å². The Labute approximate surface area is 90.5 Å². The smallest absolute Gasteiger partial charge is 0.00772 e. The minimum atomic E-state index is 0.803. The van der Waals surface area contributed by atoms with Crippen molar-refractivity contribution in [3.8, 4) is 0 Å². The second-order valence-corrected chi connectivity index (χ2v) is 5.16. The Morgan fingerprint density at radius 2 is 1.50 bits per heavy atom. The van der Waals surface area contributed by atoms with E-state index < -0.39 is 0 Å². The maximum absolute atomic E-state index is 5.58. The van der Waals surface area contributed by atoms with Gasteiger partial charge in [0.2, 0.25) is 0 Å². The zero-order valence-corrected chi connectivity index (χ0v) is 10.7. The van der Waals surface area contributed by atoms with Crippen LogP contribution in [0.5, 0.6) is 0 Å². The predicted molar refractivity (Wildman–Crippen MR) is 65.2 cm³/mol. The van der Waals surface area contributed by atoms with Crippen LogP contribution in [0.3, 0.4) is 0 Å². The molecule has 0 amide bonds. The van der Waals surface area contributed by atoms with Crippen molar-refractivity contribution in [2.45, 2.75) is 53.9 Å². The summed E-state index contributed by atoms with van der Waals surface area (Å²) in [5.74, 6) is 3.35. The molecule has 0 radical (unpaired) electrons. The summed E-state index contributed by atoms with van der Waals surface area (Å²) in [5, 5.41) is 0. The highest BCUT2D eigenvalue weighted by Crippen LogP contribution is 2.33. The van der Waals surface area contributed by atoms with Gasteiger partial charge in [0.05, 0.1) is 0 Å². The Morgan fingerprint density at radius 1 is 1.00 bits per heavy atom. The summed E-state index contributed by atoms with van der Waals surface area (Å²) in [6.07, 6.45) is 3.81. The standard InChI is InChI=1S/C13H29N/c1-6-12(8-7-9-14)13(10(2)3)11(4)5/h10-13H,6-9,14H2,1-5H3/t12-/m0/s1. The Balaban J connectivity index is 4.26. The van der Waals surface area contributed by atoms with Crippen LogP contribution >= 0.6 is 0 Å². The number of nitrogens with two attached hydrogens (primary N) is 1. The van der Waals surface area contributed by atoms with Gasteiger partial charge in [-0.1, -0.05) is 41.0 Å². The Kier molecular flexibility index (Phi) is 7.26. The molecule has 2 N–H and O–H groups in total. The minimum absolute atomic E-state index is 0.803. The van der Waals surface area contributed by atoms with Crippen LogP contribution in [0, 0.1) is 23.7 Å². The van der Waals surface area contributed by atoms with Gasteiger partial charge in [0.1, 0.15) is 0 Å². The quantitative estimate of drug-likeness (QED) is 0.665. The molecule has 0 saturated carbocycles. The normalized spacial score (nSPS) is 14.4. The molecule has 14 heavy (non-hydrogen) atoms. The van der Waals surface area contributed by atoms with E-state index in [1.54, 1.807) is 0 Å². The molecule has 0 spiro atoms. The first-order chi connectivity index (χ1) is 6.54. The third-order valence-electron chi connectivity index (χ3n) is 3.39. The molecule has 0 aromatic heterocycles. The lowest BCUT2D eigenvalue weighted by Crippen LogP contribution is -2.25. The van der Waals surface area contributed by atoms with E-state index in [0.29, 0.717) is 0 Å². The van der Waals surface area contributed by atoms with E-state index in [0.717, 1.165) is 30.2 Å². The fourth-order valence-electron chi connectivity index (χ4n) is 2.91. The van der Waals surface area contributed by atoms with Crippen LogP contribution in [-0.4, -0.2) is 6.54 Å². The third-order valence-corrected chi connectivity index (χ3v) is 3.39. The van der Waals surface area contributed by atoms with Crippen molar-refractivity contribution >= 4 is 0 Å². The summed E-state index contributed by atoms with van der Waals surface area (Å²) in [4.78, 5) is 0. The first kappa shape index (κ1) is 14.0. The van der Waals surface area contributed by atoms with Crippen LogP contribution in [0.4, 0.5) is 0 Å². The van der Waals surface area contributed by atoms with Crippen LogP contribution in [0.2, 0.25) is 0 Å². The lowest BCUT2D eigenvalue weighted by Gasteiger charge is -2.33. The first-order valence-electron chi connectivity index (χ1n) is 6.24. The monoisotopic (exact) mass is 199 g/mol. The molecule has 1 atom stereocenters. The van der Waals surface area contributed by atoms with E-state index in [9.17, 15) is 0 Å². The second kappa shape index (κ2) is 7.28. The molecule has 0 saturated heterocycles. The van der Waals surface area contributed by atoms with Gasteiger partial charge in [0, 0.05) is 0 Å². The molecule has 0 aliphatic carbocycles. The highest BCUT2D eigenvalue weighted by molar-refractivity contribution is 4.75. The van der Waals surface area contributed by atoms with Crippen molar-refractivity contribution in [2.24, 2.45) is 29.4 Å². The van der Waals surface area contributed by atoms with Crippen LogP contribution in [-0.2, 0) is 0 Å². The van der Waals surface area contributed by atoms with Crippen LogP contribution in [0.1, 0.15) is 53.9 Å². The fraction of sp³-hybridized carbons (Fsp3) is 1.00. The lowest BCUT2D eigenvalue weighted by atomic mass is 9.73. The van der Waals surface area contributed by atoms with Gasteiger partial charge >= 0.3 is 0 Å². The van der Waals surface area contributed by atoms with Crippen LogP contribution < -0.4 is 5.73 Å². The van der Waals surface area contributed by atoms with E-state index >= 15 is 0 Å². The first-order valence-corrected chi connectivity index (χ1v) is 6.24. The molecular formula is C13H29N. The summed E-state index contributed by atoms with van der Waals surface area (Å²) in [6.45, 7) is 12.6. The van der Waals surface area contributed by atoms with Crippen molar-refractivity contribution in [1.82, 2.24) is 0 Å². The van der Waals surface area contributed by atoms with Gasteiger partial charge in [-0.3, -0.25) is 0 Å². The maximum Gasteiger partial charge on any atom is -0.00772 e. The van der Waals surface area contributed by atoms with E-state index in [-0.39, 0.29) is 0 Å².